The van der Waals surface area contributed by atoms with Crippen LogP contribution in [0.5, 0.6) is 0 Å². The molecule has 0 atom stereocenters. The van der Waals surface area contributed by atoms with Gasteiger partial charge in [-0.25, -0.2) is 4.98 Å². The second kappa shape index (κ2) is 5.36. The Morgan fingerprint density at radius 2 is 2.00 bits per heavy atom. The smallest absolute Gasteiger partial charge is 0.384 e. The number of nitrogens with two attached hydrogens (primary N) is 1. The Hall–Kier alpha value is -2.31. The third-order valence-electron chi connectivity index (χ3n) is 2.68. The molecule has 0 saturated heterocycles. The molecule has 0 radical (unpaired) electrons. The van der Waals surface area contributed by atoms with E-state index in [9.17, 15) is 13.2 Å². The molecule has 0 amide bonds. The summed E-state index contributed by atoms with van der Waals surface area (Å²) in [7, 11) is 1.64. The number of halogens is 3. The van der Waals surface area contributed by atoms with Crippen molar-refractivity contribution in [2.45, 2.75) is 12.7 Å². The van der Waals surface area contributed by atoms with Gasteiger partial charge in [-0.15, -0.1) is 0 Å². The van der Waals surface area contributed by atoms with Crippen LogP contribution in [-0.4, -0.2) is 17.0 Å². The van der Waals surface area contributed by atoms with Crippen molar-refractivity contribution in [3.63, 3.8) is 0 Å². The van der Waals surface area contributed by atoms with E-state index in [1.807, 2.05) is 6.07 Å². The first kappa shape index (κ1) is 14.1. The summed E-state index contributed by atoms with van der Waals surface area (Å²) in [6, 6.07) is 7.15. The molecule has 0 spiro atoms. The summed E-state index contributed by atoms with van der Waals surface area (Å²) in [6.45, 7) is 0.342. The molecule has 7 heteroatoms. The summed E-state index contributed by atoms with van der Waals surface area (Å²) in [5.41, 5.74) is 5.35. The van der Waals surface area contributed by atoms with Gasteiger partial charge in [0, 0.05) is 13.2 Å². The Labute approximate surface area is 114 Å². The molecule has 0 unspecified atom stereocenters. The first-order valence-electron chi connectivity index (χ1n) is 5.82. The van der Waals surface area contributed by atoms with Crippen LogP contribution in [0.1, 0.15) is 11.3 Å². The van der Waals surface area contributed by atoms with Crippen LogP contribution < -0.4 is 10.6 Å². The van der Waals surface area contributed by atoms with Crippen molar-refractivity contribution in [3.8, 4) is 0 Å². The van der Waals surface area contributed by atoms with Crippen LogP contribution in [0.3, 0.4) is 0 Å². The molecule has 20 heavy (non-hydrogen) atoms. The maximum absolute atomic E-state index is 12.7. The summed E-state index contributed by atoms with van der Waals surface area (Å²) in [6.07, 6.45) is -2.82. The van der Waals surface area contributed by atoms with E-state index in [-0.39, 0.29) is 11.6 Å². The van der Waals surface area contributed by atoms with E-state index in [4.69, 9.17) is 5.73 Å². The highest BCUT2D eigenvalue weighted by atomic mass is 19.4. The van der Waals surface area contributed by atoms with E-state index in [0.717, 1.165) is 17.8 Å². The average molecular weight is 282 g/mol. The molecule has 0 saturated carbocycles. The monoisotopic (exact) mass is 282 g/mol. The van der Waals surface area contributed by atoms with Crippen LogP contribution >= 0.6 is 0 Å². The molecule has 0 fully saturated rings. The van der Waals surface area contributed by atoms with Crippen LogP contribution in [0.15, 0.2) is 36.5 Å². The lowest BCUT2D eigenvalue weighted by Gasteiger charge is -2.19. The number of alkyl halides is 3. The van der Waals surface area contributed by atoms with Crippen LogP contribution in [0, 0.1) is 0 Å². The van der Waals surface area contributed by atoms with Gasteiger partial charge in [0.2, 0.25) is 0 Å². The van der Waals surface area contributed by atoms with Gasteiger partial charge in [-0.2, -0.15) is 13.2 Å². The zero-order chi connectivity index (χ0) is 14.8. The molecule has 2 aromatic rings. The van der Waals surface area contributed by atoms with Crippen molar-refractivity contribution < 1.29 is 13.2 Å². The Bertz CT molecular complexity index is 584. The van der Waals surface area contributed by atoms with E-state index in [1.165, 1.54) is 0 Å². The van der Waals surface area contributed by atoms with E-state index < -0.39 is 11.7 Å². The van der Waals surface area contributed by atoms with Crippen molar-refractivity contribution in [1.82, 2.24) is 9.97 Å². The molecule has 2 N–H and O–H groups in total. The second-order valence-electron chi connectivity index (χ2n) is 4.31. The van der Waals surface area contributed by atoms with Gasteiger partial charge in [-0.05, 0) is 24.3 Å². The number of pyridine rings is 2. The maximum Gasteiger partial charge on any atom is 0.416 e. The topological polar surface area (TPSA) is 55.0 Å². The number of aromatic nitrogens is 2. The Morgan fingerprint density at radius 3 is 2.60 bits per heavy atom. The number of nitrogen functional groups attached to an aromatic ring is 1. The second-order valence-corrected chi connectivity index (χ2v) is 4.31. The van der Waals surface area contributed by atoms with E-state index in [1.54, 1.807) is 30.3 Å². The number of hydrogen-bond acceptors (Lipinski definition) is 4. The van der Waals surface area contributed by atoms with Gasteiger partial charge >= 0.3 is 6.18 Å². The number of nitrogens with zero attached hydrogens (tertiary/aromatic N) is 3. The molecule has 2 rings (SSSR count). The highest BCUT2D eigenvalue weighted by molar-refractivity contribution is 5.49. The minimum absolute atomic E-state index is 0.156. The maximum atomic E-state index is 12.7. The van der Waals surface area contributed by atoms with Crippen LogP contribution in [0.2, 0.25) is 0 Å². The fourth-order valence-corrected chi connectivity index (χ4v) is 1.71. The normalized spacial score (nSPS) is 11.4. The lowest BCUT2D eigenvalue weighted by atomic mass is 10.2. The van der Waals surface area contributed by atoms with Crippen molar-refractivity contribution in [1.29, 1.82) is 0 Å². The fraction of sp³-hybridized carbons (Fsp3) is 0.231. The minimum Gasteiger partial charge on any atom is -0.384 e. The lowest BCUT2D eigenvalue weighted by molar-refractivity contribution is -0.137. The van der Waals surface area contributed by atoms with Gasteiger partial charge in [0.25, 0.3) is 0 Å². The molecule has 4 nitrogen and oxygen atoms in total. The molecule has 0 aliphatic rings. The minimum atomic E-state index is -4.45. The number of hydrogen-bond donors (Lipinski definition) is 1. The standard InChI is InChI=1S/C13H13F3N4/c1-20(8-10-4-2-3-5-18-10)12-7-9(13(14,15)16)6-11(17)19-12/h2-7H,8H2,1H3,(H2,17,19). The highest BCUT2D eigenvalue weighted by Gasteiger charge is 2.31. The van der Waals surface area contributed by atoms with Crippen molar-refractivity contribution in [2.75, 3.05) is 17.7 Å². The summed E-state index contributed by atoms with van der Waals surface area (Å²) in [5.74, 6) is -0.00864. The predicted octanol–water partition coefficient (Wildman–Crippen LogP) is 2.71. The fourth-order valence-electron chi connectivity index (χ4n) is 1.71. The highest BCUT2D eigenvalue weighted by Crippen LogP contribution is 2.32. The molecule has 0 aromatic carbocycles. The van der Waals surface area contributed by atoms with E-state index in [0.29, 0.717) is 6.54 Å². The zero-order valence-corrected chi connectivity index (χ0v) is 10.7. The number of anilines is 2. The molecule has 106 valence electrons. The van der Waals surface area contributed by atoms with Gasteiger partial charge in [0.05, 0.1) is 17.8 Å². The van der Waals surface area contributed by atoms with Crippen molar-refractivity contribution >= 4 is 11.6 Å². The summed E-state index contributed by atoms with van der Waals surface area (Å²) >= 11 is 0. The summed E-state index contributed by atoms with van der Waals surface area (Å²) < 4.78 is 38.2. The molecule has 0 aliphatic carbocycles. The zero-order valence-electron chi connectivity index (χ0n) is 10.7. The van der Waals surface area contributed by atoms with Gasteiger partial charge in [0.15, 0.2) is 0 Å². The summed E-state index contributed by atoms with van der Waals surface area (Å²) in [5, 5.41) is 0. The van der Waals surface area contributed by atoms with Gasteiger partial charge < -0.3 is 10.6 Å². The van der Waals surface area contributed by atoms with Crippen molar-refractivity contribution in [2.24, 2.45) is 0 Å². The molecule has 0 bridgehead atoms. The quantitative estimate of drug-likeness (QED) is 0.940. The van der Waals surface area contributed by atoms with Gasteiger partial charge in [-0.3, -0.25) is 4.98 Å². The van der Waals surface area contributed by atoms with Crippen LogP contribution in [0.25, 0.3) is 0 Å². The Morgan fingerprint density at radius 1 is 1.25 bits per heavy atom. The SMILES string of the molecule is CN(Cc1ccccn1)c1cc(C(F)(F)F)cc(N)n1. The van der Waals surface area contributed by atoms with Crippen molar-refractivity contribution in [3.05, 3.63) is 47.8 Å². The lowest BCUT2D eigenvalue weighted by Crippen LogP contribution is -2.20. The largest absolute Gasteiger partial charge is 0.416 e. The molecule has 2 heterocycles. The van der Waals surface area contributed by atoms with Gasteiger partial charge in [0.1, 0.15) is 11.6 Å². The average Bonchev–Trinajstić information content (AvgIpc) is 2.38. The van der Waals surface area contributed by atoms with E-state index >= 15 is 0 Å². The van der Waals surface area contributed by atoms with Crippen LogP contribution in [-0.2, 0) is 12.7 Å². The van der Waals surface area contributed by atoms with Crippen LogP contribution in [0.4, 0.5) is 24.8 Å². The Kier molecular flexibility index (Phi) is 3.78. The molecular weight excluding hydrogens is 269 g/mol. The third-order valence-corrected chi connectivity index (χ3v) is 2.68. The third kappa shape index (κ3) is 3.37. The number of rotatable bonds is 3. The predicted molar refractivity (Wildman–Crippen MR) is 70.0 cm³/mol. The molecule has 0 aliphatic heterocycles. The Balaban J connectivity index is 2.26. The first-order chi connectivity index (χ1) is 9.36. The van der Waals surface area contributed by atoms with E-state index in [2.05, 4.69) is 9.97 Å². The molecular formula is C13H13F3N4. The first-order valence-corrected chi connectivity index (χ1v) is 5.82. The van der Waals surface area contributed by atoms with Gasteiger partial charge in [-0.1, -0.05) is 6.07 Å². The molecule has 2 aromatic heterocycles. The summed E-state index contributed by atoms with van der Waals surface area (Å²) in [4.78, 5) is 9.60.